The Labute approximate surface area is 111 Å². The highest BCUT2D eigenvalue weighted by Gasteiger charge is 2.42. The quantitative estimate of drug-likeness (QED) is 0.502. The zero-order valence-electron chi connectivity index (χ0n) is 10.2. The number of rotatable bonds is 0. The summed E-state index contributed by atoms with van der Waals surface area (Å²) in [6.07, 6.45) is 3.45. The molecular formula is C12H20INO2. The first-order valence-corrected chi connectivity index (χ1v) is 7.25. The summed E-state index contributed by atoms with van der Waals surface area (Å²) < 4.78 is 6.20. The van der Waals surface area contributed by atoms with Gasteiger partial charge < -0.3 is 9.64 Å². The van der Waals surface area contributed by atoms with Gasteiger partial charge in [0.05, 0.1) is 0 Å². The van der Waals surface area contributed by atoms with Crippen LogP contribution in [0.15, 0.2) is 0 Å². The highest BCUT2D eigenvalue weighted by Crippen LogP contribution is 2.39. The van der Waals surface area contributed by atoms with Crippen molar-refractivity contribution in [2.24, 2.45) is 5.92 Å². The number of hydrogen-bond donors (Lipinski definition) is 0. The van der Waals surface area contributed by atoms with Crippen molar-refractivity contribution in [2.75, 3.05) is 6.54 Å². The van der Waals surface area contributed by atoms with Crippen LogP contribution in [0, 0.1) is 5.92 Å². The minimum Gasteiger partial charge on any atom is -0.444 e. The second kappa shape index (κ2) is 4.35. The van der Waals surface area contributed by atoms with Crippen LogP contribution in [-0.2, 0) is 4.74 Å². The van der Waals surface area contributed by atoms with E-state index in [-0.39, 0.29) is 11.7 Å². The molecule has 0 aromatic rings. The van der Waals surface area contributed by atoms with E-state index in [2.05, 4.69) is 22.6 Å². The summed E-state index contributed by atoms with van der Waals surface area (Å²) in [5, 5.41) is 0. The average molecular weight is 337 g/mol. The largest absolute Gasteiger partial charge is 0.444 e. The molecule has 0 aromatic heterocycles. The molecule has 4 heteroatoms. The lowest BCUT2D eigenvalue weighted by atomic mass is 9.80. The van der Waals surface area contributed by atoms with Gasteiger partial charge in [0.15, 0.2) is 0 Å². The van der Waals surface area contributed by atoms with Gasteiger partial charge in [-0.2, -0.15) is 0 Å². The van der Waals surface area contributed by atoms with Crippen LogP contribution in [-0.4, -0.2) is 33.1 Å². The highest BCUT2D eigenvalue weighted by atomic mass is 127. The Morgan fingerprint density at radius 3 is 2.50 bits per heavy atom. The Morgan fingerprint density at radius 2 is 2.06 bits per heavy atom. The molecule has 16 heavy (non-hydrogen) atoms. The van der Waals surface area contributed by atoms with Gasteiger partial charge in [-0.25, -0.2) is 4.79 Å². The van der Waals surface area contributed by atoms with Crippen molar-refractivity contribution in [3.8, 4) is 0 Å². The number of halogens is 1. The van der Waals surface area contributed by atoms with Crippen molar-refractivity contribution in [1.82, 2.24) is 4.90 Å². The first-order valence-electron chi connectivity index (χ1n) is 6.00. The molecule has 0 N–H and O–H groups in total. The minimum atomic E-state index is -0.377. The number of carbonyl (C=O) groups excluding carboxylic acids is 1. The van der Waals surface area contributed by atoms with Crippen molar-refractivity contribution < 1.29 is 9.53 Å². The van der Waals surface area contributed by atoms with Gasteiger partial charge in [-0.1, -0.05) is 22.6 Å². The van der Waals surface area contributed by atoms with E-state index in [1.54, 1.807) is 0 Å². The molecule has 3 fully saturated rings. The normalized spacial score (nSPS) is 34.0. The maximum atomic E-state index is 12.0. The molecule has 0 unspecified atom stereocenters. The van der Waals surface area contributed by atoms with Gasteiger partial charge in [0.1, 0.15) is 5.60 Å². The fourth-order valence-corrected chi connectivity index (χ4v) is 3.77. The summed E-state index contributed by atoms with van der Waals surface area (Å²) in [5.74, 6) is 0.679. The Bertz CT molecular complexity index is 287. The van der Waals surface area contributed by atoms with Crippen molar-refractivity contribution in [3.63, 3.8) is 0 Å². The van der Waals surface area contributed by atoms with Gasteiger partial charge in [-0.05, 0) is 46.0 Å². The second-order valence-corrected chi connectivity index (χ2v) is 7.48. The lowest BCUT2D eigenvalue weighted by molar-refractivity contribution is -0.00953. The Morgan fingerprint density at radius 1 is 1.38 bits per heavy atom. The Hall–Kier alpha value is 0. The lowest BCUT2D eigenvalue weighted by Gasteiger charge is -2.47. The monoisotopic (exact) mass is 337 g/mol. The maximum absolute atomic E-state index is 12.0. The smallest absolute Gasteiger partial charge is 0.410 e. The molecule has 2 bridgehead atoms. The van der Waals surface area contributed by atoms with Gasteiger partial charge in [0, 0.05) is 16.5 Å². The average Bonchev–Trinajstić information content (AvgIpc) is 2.15. The van der Waals surface area contributed by atoms with E-state index in [4.69, 9.17) is 4.74 Å². The third-order valence-corrected chi connectivity index (χ3v) is 4.90. The number of amides is 1. The van der Waals surface area contributed by atoms with Crippen LogP contribution in [0.1, 0.15) is 40.0 Å². The highest BCUT2D eigenvalue weighted by molar-refractivity contribution is 14.1. The molecule has 1 saturated carbocycles. The standard InChI is InChI=1S/C12H20INO2/c1-12(2,3)16-11(15)14-7-8-4-5-9(14)6-10(8)13/h8-10H,4-7H2,1-3H3/t8-,9-,10+/m0/s1. The van der Waals surface area contributed by atoms with Gasteiger partial charge in [0.2, 0.25) is 0 Å². The van der Waals surface area contributed by atoms with Crippen LogP contribution < -0.4 is 0 Å². The predicted molar refractivity (Wildman–Crippen MR) is 71.9 cm³/mol. The molecule has 2 heterocycles. The third kappa shape index (κ3) is 2.63. The summed E-state index contributed by atoms with van der Waals surface area (Å²) in [6.45, 7) is 6.67. The van der Waals surface area contributed by atoms with Crippen molar-refractivity contribution >= 4 is 28.7 Å². The molecule has 3 nitrogen and oxygen atoms in total. The van der Waals surface area contributed by atoms with E-state index in [1.807, 2.05) is 25.7 Å². The topological polar surface area (TPSA) is 29.5 Å². The summed E-state index contributed by atoms with van der Waals surface area (Å²) in [6, 6.07) is 0.418. The Balaban J connectivity index is 1.99. The number of ether oxygens (including phenoxy) is 1. The second-order valence-electron chi connectivity index (χ2n) is 5.88. The number of piperidine rings is 2. The van der Waals surface area contributed by atoms with Gasteiger partial charge in [-0.3, -0.25) is 0 Å². The fourth-order valence-electron chi connectivity index (χ4n) is 2.59. The van der Waals surface area contributed by atoms with Crippen LogP contribution in [0.2, 0.25) is 0 Å². The molecule has 1 aliphatic carbocycles. The van der Waals surface area contributed by atoms with Crippen LogP contribution in [0.5, 0.6) is 0 Å². The van der Waals surface area contributed by atoms with Crippen molar-refractivity contribution in [3.05, 3.63) is 0 Å². The van der Waals surface area contributed by atoms with Crippen LogP contribution >= 0.6 is 22.6 Å². The van der Waals surface area contributed by atoms with Gasteiger partial charge in [0.25, 0.3) is 0 Å². The number of fused-ring (bicyclic) bond motifs is 3. The molecule has 0 aromatic carbocycles. The number of alkyl halides is 1. The van der Waals surface area contributed by atoms with E-state index < -0.39 is 0 Å². The Kier molecular flexibility index (Phi) is 3.39. The van der Waals surface area contributed by atoms with Crippen LogP contribution in [0.4, 0.5) is 4.79 Å². The SMILES string of the molecule is CC(C)(C)OC(=O)N1C[C@@H]2CC[C@H]1C[C@H]2I. The summed E-state index contributed by atoms with van der Waals surface area (Å²) in [4.78, 5) is 14.0. The molecule has 92 valence electrons. The van der Waals surface area contributed by atoms with Crippen molar-refractivity contribution in [2.45, 2.75) is 55.6 Å². The van der Waals surface area contributed by atoms with Gasteiger partial charge in [-0.15, -0.1) is 0 Å². The molecule has 3 aliphatic rings. The zero-order chi connectivity index (χ0) is 11.9. The first-order chi connectivity index (χ1) is 7.37. The summed E-state index contributed by atoms with van der Waals surface area (Å²) >= 11 is 2.53. The number of nitrogens with zero attached hydrogens (tertiary/aromatic N) is 1. The molecule has 0 spiro atoms. The summed E-state index contributed by atoms with van der Waals surface area (Å²) in [7, 11) is 0. The van der Waals surface area contributed by atoms with E-state index in [0.717, 1.165) is 23.3 Å². The van der Waals surface area contributed by atoms with E-state index in [0.29, 0.717) is 12.0 Å². The zero-order valence-corrected chi connectivity index (χ0v) is 12.4. The summed E-state index contributed by atoms with van der Waals surface area (Å²) in [5.41, 5.74) is -0.377. The van der Waals surface area contributed by atoms with Crippen molar-refractivity contribution in [1.29, 1.82) is 0 Å². The fraction of sp³-hybridized carbons (Fsp3) is 0.917. The van der Waals surface area contributed by atoms with Crippen LogP contribution in [0.3, 0.4) is 0 Å². The lowest BCUT2D eigenvalue weighted by Crippen LogP contribution is -2.55. The first kappa shape index (κ1) is 12.5. The molecule has 2 aliphatic heterocycles. The van der Waals surface area contributed by atoms with E-state index in [1.165, 1.54) is 6.42 Å². The third-order valence-electron chi connectivity index (χ3n) is 3.38. The minimum absolute atomic E-state index is 0.120. The van der Waals surface area contributed by atoms with Crippen LogP contribution in [0.25, 0.3) is 0 Å². The molecule has 3 rings (SSSR count). The maximum Gasteiger partial charge on any atom is 0.410 e. The number of carbonyl (C=O) groups is 1. The molecule has 1 amide bonds. The molecule has 0 radical (unpaired) electrons. The molecular weight excluding hydrogens is 317 g/mol. The molecule has 3 atom stereocenters. The van der Waals surface area contributed by atoms with E-state index in [9.17, 15) is 4.79 Å². The van der Waals surface area contributed by atoms with Gasteiger partial charge >= 0.3 is 6.09 Å². The number of hydrogen-bond acceptors (Lipinski definition) is 2. The van der Waals surface area contributed by atoms with E-state index >= 15 is 0 Å². The molecule has 2 saturated heterocycles. The predicted octanol–water partition coefficient (Wildman–Crippen LogP) is 3.21.